The van der Waals surface area contributed by atoms with Crippen molar-refractivity contribution >= 4 is 5.91 Å². The van der Waals surface area contributed by atoms with E-state index >= 15 is 0 Å². The van der Waals surface area contributed by atoms with Crippen LogP contribution < -0.4 is 5.56 Å². The van der Waals surface area contributed by atoms with Crippen molar-refractivity contribution < 1.29 is 14.6 Å². The number of aryl methyl sites for hydroxylation is 1. The van der Waals surface area contributed by atoms with Crippen LogP contribution in [0.5, 0.6) is 0 Å². The highest BCUT2D eigenvalue weighted by atomic mass is 16.5. The molecule has 7 heteroatoms. The molecule has 2 heterocycles. The van der Waals surface area contributed by atoms with Gasteiger partial charge in [0.1, 0.15) is 5.69 Å². The van der Waals surface area contributed by atoms with Crippen LogP contribution in [0.25, 0.3) is 0 Å². The third-order valence-electron chi connectivity index (χ3n) is 3.35. The first-order chi connectivity index (χ1) is 9.61. The minimum Gasteiger partial charge on any atom is -0.394 e. The molecule has 0 spiro atoms. The van der Waals surface area contributed by atoms with Crippen molar-refractivity contribution in [2.75, 3.05) is 26.3 Å². The molecule has 1 aromatic rings. The smallest absolute Gasteiger partial charge is 0.274 e. The molecular weight excluding hydrogens is 262 g/mol. The van der Waals surface area contributed by atoms with E-state index < -0.39 is 0 Å². The first-order valence-electron chi connectivity index (χ1n) is 6.68. The van der Waals surface area contributed by atoms with E-state index in [0.717, 1.165) is 17.5 Å². The maximum atomic E-state index is 12.3. The van der Waals surface area contributed by atoms with Gasteiger partial charge >= 0.3 is 0 Å². The molecule has 20 heavy (non-hydrogen) atoms. The lowest BCUT2D eigenvalue weighted by atomic mass is 10.1. The van der Waals surface area contributed by atoms with E-state index in [0.29, 0.717) is 19.7 Å². The van der Waals surface area contributed by atoms with Crippen LogP contribution in [0.2, 0.25) is 0 Å². The van der Waals surface area contributed by atoms with Crippen LogP contribution in [0.1, 0.15) is 23.3 Å². The highest BCUT2D eigenvalue weighted by Gasteiger charge is 2.24. The first kappa shape index (κ1) is 14.7. The van der Waals surface area contributed by atoms with E-state index in [1.54, 1.807) is 4.90 Å². The lowest BCUT2D eigenvalue weighted by Gasteiger charge is -2.31. The number of aliphatic hydroxyl groups is 1. The molecule has 0 bridgehead atoms. The summed E-state index contributed by atoms with van der Waals surface area (Å²) in [7, 11) is 1.52. The van der Waals surface area contributed by atoms with Gasteiger partial charge in [-0.05, 0) is 18.9 Å². The standard InChI is InChI=1S/C13H19N3O4/c1-15-12(18)3-2-11(14-15)13(19)16-6-4-10(5-7-16)20-9-8-17/h2-3,10,17H,4-9H2,1H3. The van der Waals surface area contributed by atoms with Gasteiger partial charge in [0.2, 0.25) is 0 Å². The lowest BCUT2D eigenvalue weighted by molar-refractivity contribution is -0.00568. The van der Waals surface area contributed by atoms with Gasteiger partial charge in [-0.25, -0.2) is 4.68 Å². The van der Waals surface area contributed by atoms with Gasteiger partial charge in [-0.15, -0.1) is 0 Å². The molecule has 0 aliphatic carbocycles. The minimum absolute atomic E-state index is 0.0150. The summed E-state index contributed by atoms with van der Waals surface area (Å²) in [4.78, 5) is 25.2. The van der Waals surface area contributed by atoms with Crippen molar-refractivity contribution in [2.24, 2.45) is 7.05 Å². The van der Waals surface area contributed by atoms with E-state index in [2.05, 4.69) is 5.10 Å². The first-order valence-corrected chi connectivity index (χ1v) is 6.68. The van der Waals surface area contributed by atoms with E-state index in [4.69, 9.17) is 9.84 Å². The number of likely N-dealkylation sites (tertiary alicyclic amines) is 1. The molecule has 1 aliphatic heterocycles. The van der Waals surface area contributed by atoms with Gasteiger partial charge < -0.3 is 14.7 Å². The largest absolute Gasteiger partial charge is 0.394 e. The quantitative estimate of drug-likeness (QED) is 0.796. The molecule has 1 amide bonds. The topological polar surface area (TPSA) is 84.7 Å². The second kappa shape index (κ2) is 6.62. The summed E-state index contributed by atoms with van der Waals surface area (Å²) in [5, 5.41) is 12.7. The molecule has 1 fully saturated rings. The fourth-order valence-corrected chi connectivity index (χ4v) is 2.22. The van der Waals surface area contributed by atoms with Gasteiger partial charge in [0.25, 0.3) is 11.5 Å². The molecule has 0 aromatic carbocycles. The van der Waals surface area contributed by atoms with Crippen LogP contribution in [0.3, 0.4) is 0 Å². The van der Waals surface area contributed by atoms with Crippen LogP contribution in [-0.2, 0) is 11.8 Å². The summed E-state index contributed by atoms with van der Waals surface area (Å²) in [5.74, 6) is -0.166. The van der Waals surface area contributed by atoms with Gasteiger partial charge in [0.15, 0.2) is 0 Å². The Hall–Kier alpha value is -1.73. The Kier molecular flexibility index (Phi) is 4.86. The van der Waals surface area contributed by atoms with Crippen LogP contribution >= 0.6 is 0 Å². The zero-order valence-corrected chi connectivity index (χ0v) is 11.5. The zero-order valence-electron chi connectivity index (χ0n) is 11.5. The average Bonchev–Trinajstić information content (AvgIpc) is 2.48. The van der Waals surface area contributed by atoms with E-state index in [-0.39, 0.29) is 29.9 Å². The number of piperidine rings is 1. The van der Waals surface area contributed by atoms with Crippen LogP contribution in [0, 0.1) is 0 Å². The number of carbonyl (C=O) groups excluding carboxylic acids is 1. The van der Waals surface area contributed by atoms with Gasteiger partial charge in [0, 0.05) is 26.2 Å². The van der Waals surface area contributed by atoms with Crippen molar-refractivity contribution in [3.63, 3.8) is 0 Å². The maximum absolute atomic E-state index is 12.3. The van der Waals surface area contributed by atoms with Gasteiger partial charge in [0.05, 0.1) is 19.3 Å². The predicted octanol–water partition coefficient (Wildman–Crippen LogP) is -0.606. The maximum Gasteiger partial charge on any atom is 0.274 e. The summed E-state index contributed by atoms with van der Waals surface area (Å²) >= 11 is 0. The molecule has 1 aliphatic rings. The van der Waals surface area contributed by atoms with Crippen LogP contribution in [0.4, 0.5) is 0 Å². The summed E-state index contributed by atoms with van der Waals surface area (Å²) < 4.78 is 6.61. The van der Waals surface area contributed by atoms with Crippen molar-refractivity contribution in [1.29, 1.82) is 0 Å². The molecule has 110 valence electrons. The molecule has 0 radical (unpaired) electrons. The number of nitrogens with zero attached hydrogens (tertiary/aromatic N) is 3. The van der Waals surface area contributed by atoms with Gasteiger partial charge in [-0.3, -0.25) is 9.59 Å². The van der Waals surface area contributed by atoms with Crippen molar-refractivity contribution in [3.05, 3.63) is 28.2 Å². The summed E-state index contributed by atoms with van der Waals surface area (Å²) in [6.45, 7) is 1.54. The second-order valence-electron chi connectivity index (χ2n) is 4.77. The molecule has 1 aromatic heterocycles. The Bertz CT molecular complexity index is 521. The van der Waals surface area contributed by atoms with Crippen molar-refractivity contribution in [3.8, 4) is 0 Å². The monoisotopic (exact) mass is 281 g/mol. The van der Waals surface area contributed by atoms with E-state index in [9.17, 15) is 9.59 Å². The van der Waals surface area contributed by atoms with E-state index in [1.165, 1.54) is 19.2 Å². The number of carbonyl (C=O) groups is 1. The highest BCUT2D eigenvalue weighted by Crippen LogP contribution is 2.15. The lowest BCUT2D eigenvalue weighted by Crippen LogP contribution is -2.42. The Morgan fingerprint density at radius 1 is 1.45 bits per heavy atom. The summed E-state index contributed by atoms with van der Waals surface area (Å²) in [6, 6.07) is 2.80. The Morgan fingerprint density at radius 2 is 2.15 bits per heavy atom. The number of rotatable bonds is 4. The SMILES string of the molecule is Cn1nc(C(=O)N2CCC(OCCO)CC2)ccc1=O. The summed E-state index contributed by atoms with van der Waals surface area (Å²) in [5.41, 5.74) is 0.0412. The highest BCUT2D eigenvalue weighted by molar-refractivity contribution is 5.92. The van der Waals surface area contributed by atoms with E-state index in [1.807, 2.05) is 0 Å². The van der Waals surface area contributed by atoms with Gasteiger partial charge in [-0.1, -0.05) is 0 Å². The third-order valence-corrected chi connectivity index (χ3v) is 3.35. The van der Waals surface area contributed by atoms with Gasteiger partial charge in [-0.2, -0.15) is 5.10 Å². The summed E-state index contributed by atoms with van der Waals surface area (Å²) in [6.07, 6.45) is 1.59. The van der Waals surface area contributed by atoms with Crippen LogP contribution in [0.15, 0.2) is 16.9 Å². The average molecular weight is 281 g/mol. The Balaban J connectivity index is 1.94. The fraction of sp³-hybridized carbons (Fsp3) is 0.615. The number of hydrogen-bond acceptors (Lipinski definition) is 5. The third kappa shape index (κ3) is 3.43. The second-order valence-corrected chi connectivity index (χ2v) is 4.77. The Morgan fingerprint density at radius 3 is 2.75 bits per heavy atom. The molecule has 1 saturated heterocycles. The normalized spacial score (nSPS) is 16.4. The van der Waals surface area contributed by atoms with Crippen LogP contribution in [-0.4, -0.2) is 58.1 Å². The Labute approximate surface area is 116 Å². The number of aromatic nitrogens is 2. The van der Waals surface area contributed by atoms with Crippen molar-refractivity contribution in [1.82, 2.24) is 14.7 Å². The number of amides is 1. The molecular formula is C13H19N3O4. The molecule has 0 saturated carbocycles. The predicted molar refractivity (Wildman–Crippen MR) is 71.4 cm³/mol. The number of aliphatic hydroxyl groups excluding tert-OH is 1. The molecule has 2 rings (SSSR count). The molecule has 0 unspecified atom stereocenters. The minimum atomic E-state index is -0.238. The number of ether oxygens (including phenoxy) is 1. The molecule has 7 nitrogen and oxygen atoms in total. The zero-order chi connectivity index (χ0) is 14.5. The molecule has 1 N–H and O–H groups in total. The fourth-order valence-electron chi connectivity index (χ4n) is 2.22. The number of hydrogen-bond donors (Lipinski definition) is 1. The molecule has 0 atom stereocenters. The van der Waals surface area contributed by atoms with Crippen molar-refractivity contribution in [2.45, 2.75) is 18.9 Å².